The molecule has 6 heteroatoms. The van der Waals surface area contributed by atoms with Gasteiger partial charge in [-0.2, -0.15) is 0 Å². The molecule has 0 saturated carbocycles. The molecular weight excluding hydrogens is 453 g/mol. The van der Waals surface area contributed by atoms with Gasteiger partial charge in [-0.05, 0) is 46.5 Å². The standard InChI is InChI=1S/C29H19F3O3/c1-2-17-3-5-18(6-4-17)22-13-14-23(28(32)27(22)31)19-7-10-21(11-8-19)35-29(33)24-12-9-20(15-25(24)30)26-16-34-26/h2-15,26H,1,16H2. The van der Waals surface area contributed by atoms with E-state index in [9.17, 15) is 18.0 Å². The summed E-state index contributed by atoms with van der Waals surface area (Å²) in [7, 11) is 0. The van der Waals surface area contributed by atoms with Gasteiger partial charge in [0.2, 0.25) is 0 Å². The second-order valence-electron chi connectivity index (χ2n) is 8.09. The maximum atomic E-state index is 14.9. The van der Waals surface area contributed by atoms with Gasteiger partial charge in [-0.15, -0.1) is 0 Å². The average Bonchev–Trinajstić information content (AvgIpc) is 3.72. The van der Waals surface area contributed by atoms with E-state index in [0.717, 1.165) is 5.56 Å². The van der Waals surface area contributed by atoms with Crippen molar-refractivity contribution in [2.45, 2.75) is 6.10 Å². The molecule has 3 nitrogen and oxygen atoms in total. The number of epoxide rings is 1. The maximum absolute atomic E-state index is 14.9. The third-order valence-corrected chi connectivity index (χ3v) is 5.83. The van der Waals surface area contributed by atoms with Crippen LogP contribution in [0.25, 0.3) is 28.3 Å². The van der Waals surface area contributed by atoms with Gasteiger partial charge < -0.3 is 9.47 Å². The maximum Gasteiger partial charge on any atom is 0.346 e. The van der Waals surface area contributed by atoms with Gasteiger partial charge >= 0.3 is 5.97 Å². The molecular formula is C29H19F3O3. The largest absolute Gasteiger partial charge is 0.423 e. The van der Waals surface area contributed by atoms with Crippen LogP contribution < -0.4 is 4.74 Å². The van der Waals surface area contributed by atoms with Crippen LogP contribution in [0.15, 0.2) is 85.4 Å². The number of hydrogen-bond donors (Lipinski definition) is 0. The fourth-order valence-corrected chi connectivity index (χ4v) is 3.80. The molecule has 0 N–H and O–H groups in total. The Morgan fingerprint density at radius 1 is 0.857 bits per heavy atom. The van der Waals surface area contributed by atoms with Crippen molar-refractivity contribution in [3.8, 4) is 28.0 Å². The Morgan fingerprint density at radius 3 is 1.94 bits per heavy atom. The zero-order valence-electron chi connectivity index (χ0n) is 18.4. The molecule has 0 spiro atoms. The molecule has 1 aliphatic heterocycles. The minimum absolute atomic E-state index is 0.0655. The van der Waals surface area contributed by atoms with Crippen LogP contribution >= 0.6 is 0 Å². The minimum atomic E-state index is -0.984. The monoisotopic (exact) mass is 472 g/mol. The number of rotatable bonds is 6. The molecule has 174 valence electrons. The van der Waals surface area contributed by atoms with Crippen molar-refractivity contribution >= 4 is 12.0 Å². The predicted molar refractivity (Wildman–Crippen MR) is 127 cm³/mol. The molecule has 1 fully saturated rings. The van der Waals surface area contributed by atoms with E-state index in [1.807, 2.05) is 0 Å². The molecule has 1 saturated heterocycles. The first-order valence-corrected chi connectivity index (χ1v) is 10.9. The summed E-state index contributed by atoms with van der Waals surface area (Å²) in [5.74, 6) is -3.35. The van der Waals surface area contributed by atoms with E-state index in [1.165, 1.54) is 48.5 Å². The highest BCUT2D eigenvalue weighted by Gasteiger charge is 2.26. The van der Waals surface area contributed by atoms with E-state index in [2.05, 4.69) is 6.58 Å². The van der Waals surface area contributed by atoms with E-state index in [1.54, 1.807) is 36.4 Å². The second kappa shape index (κ2) is 9.24. The SMILES string of the molecule is C=Cc1ccc(-c2ccc(-c3ccc(OC(=O)c4ccc(C5CO5)cc4F)cc3)c(F)c2F)cc1. The highest BCUT2D eigenvalue weighted by atomic mass is 19.2. The zero-order valence-corrected chi connectivity index (χ0v) is 18.4. The third-order valence-electron chi connectivity index (χ3n) is 5.83. The Kier molecular flexibility index (Phi) is 5.97. The second-order valence-corrected chi connectivity index (χ2v) is 8.09. The normalized spacial score (nSPS) is 14.4. The quantitative estimate of drug-likeness (QED) is 0.167. The van der Waals surface area contributed by atoms with Crippen LogP contribution in [-0.4, -0.2) is 12.6 Å². The zero-order chi connectivity index (χ0) is 24.5. The van der Waals surface area contributed by atoms with E-state index in [4.69, 9.17) is 9.47 Å². The number of carbonyl (C=O) groups excluding carboxylic acids is 1. The number of halogens is 3. The first-order valence-electron chi connectivity index (χ1n) is 10.9. The Labute approximate surface area is 200 Å². The Hall–Kier alpha value is -4.16. The fourth-order valence-electron chi connectivity index (χ4n) is 3.80. The lowest BCUT2D eigenvalue weighted by atomic mass is 9.98. The molecule has 4 aromatic rings. The topological polar surface area (TPSA) is 38.8 Å². The van der Waals surface area contributed by atoms with Crippen molar-refractivity contribution in [3.63, 3.8) is 0 Å². The molecule has 0 aromatic heterocycles. The minimum Gasteiger partial charge on any atom is -0.423 e. The van der Waals surface area contributed by atoms with Gasteiger partial charge in [-0.1, -0.05) is 67.3 Å². The summed E-state index contributed by atoms with van der Waals surface area (Å²) in [4.78, 5) is 12.4. The molecule has 0 amide bonds. The summed E-state index contributed by atoms with van der Waals surface area (Å²) in [6.07, 6.45) is 1.54. The number of carbonyl (C=O) groups is 1. The molecule has 35 heavy (non-hydrogen) atoms. The van der Waals surface area contributed by atoms with Crippen molar-refractivity contribution < 1.29 is 27.4 Å². The summed E-state index contributed by atoms with van der Waals surface area (Å²) in [5, 5.41) is 0. The van der Waals surface area contributed by atoms with Crippen LogP contribution in [-0.2, 0) is 4.74 Å². The van der Waals surface area contributed by atoms with E-state index in [0.29, 0.717) is 23.3 Å². The number of benzene rings is 4. The summed E-state index contributed by atoms with van der Waals surface area (Å²) in [5.41, 5.74) is 2.49. The van der Waals surface area contributed by atoms with Gasteiger partial charge in [0, 0.05) is 11.1 Å². The van der Waals surface area contributed by atoms with E-state index in [-0.39, 0.29) is 28.5 Å². The van der Waals surface area contributed by atoms with Crippen LogP contribution in [0.4, 0.5) is 13.2 Å². The van der Waals surface area contributed by atoms with Crippen LogP contribution in [0.1, 0.15) is 27.6 Å². The molecule has 0 aliphatic carbocycles. The average molecular weight is 472 g/mol. The van der Waals surface area contributed by atoms with Gasteiger partial charge in [0.25, 0.3) is 0 Å². The lowest BCUT2D eigenvalue weighted by Gasteiger charge is -2.11. The summed E-state index contributed by atoms with van der Waals surface area (Å²) in [6, 6.07) is 20.1. The Bertz CT molecular complexity index is 1420. The molecule has 0 radical (unpaired) electrons. The Morgan fingerprint density at radius 2 is 1.43 bits per heavy atom. The lowest BCUT2D eigenvalue weighted by molar-refractivity contribution is 0.0730. The van der Waals surface area contributed by atoms with Crippen molar-refractivity contribution in [2.75, 3.05) is 6.61 Å². The molecule has 1 aliphatic rings. The van der Waals surface area contributed by atoms with Crippen molar-refractivity contribution in [3.05, 3.63) is 120 Å². The van der Waals surface area contributed by atoms with Crippen LogP contribution in [0.3, 0.4) is 0 Å². The third kappa shape index (κ3) is 4.61. The highest BCUT2D eigenvalue weighted by molar-refractivity contribution is 5.91. The molecule has 5 rings (SSSR count). The number of hydrogen-bond acceptors (Lipinski definition) is 3. The molecule has 1 heterocycles. The lowest BCUT2D eigenvalue weighted by Crippen LogP contribution is -2.11. The summed E-state index contributed by atoms with van der Waals surface area (Å²) < 4.78 is 54.5. The van der Waals surface area contributed by atoms with Gasteiger partial charge in [0.15, 0.2) is 11.6 Å². The van der Waals surface area contributed by atoms with Crippen molar-refractivity contribution in [2.24, 2.45) is 0 Å². The van der Waals surface area contributed by atoms with Gasteiger partial charge in [0.1, 0.15) is 17.7 Å². The van der Waals surface area contributed by atoms with Gasteiger partial charge in [0.05, 0.1) is 12.2 Å². The van der Waals surface area contributed by atoms with E-state index >= 15 is 0 Å². The van der Waals surface area contributed by atoms with Crippen LogP contribution in [0, 0.1) is 17.5 Å². The molecule has 4 aromatic carbocycles. The van der Waals surface area contributed by atoms with Crippen LogP contribution in [0.2, 0.25) is 0 Å². The van der Waals surface area contributed by atoms with Crippen molar-refractivity contribution in [1.29, 1.82) is 0 Å². The number of ether oxygens (including phenoxy) is 2. The highest BCUT2D eigenvalue weighted by Crippen LogP contribution is 2.33. The summed E-state index contributed by atoms with van der Waals surface area (Å²) >= 11 is 0. The molecule has 1 atom stereocenters. The first-order chi connectivity index (χ1) is 16.9. The molecule has 0 bridgehead atoms. The predicted octanol–water partition coefficient (Wildman–Crippen LogP) is 7.37. The summed E-state index contributed by atoms with van der Waals surface area (Å²) in [6.45, 7) is 4.21. The van der Waals surface area contributed by atoms with Gasteiger partial charge in [-0.3, -0.25) is 0 Å². The number of esters is 1. The first kappa shape index (κ1) is 22.6. The van der Waals surface area contributed by atoms with Crippen molar-refractivity contribution in [1.82, 2.24) is 0 Å². The molecule has 1 unspecified atom stereocenters. The smallest absolute Gasteiger partial charge is 0.346 e. The fraction of sp³-hybridized carbons (Fsp3) is 0.0690. The van der Waals surface area contributed by atoms with E-state index < -0.39 is 23.4 Å². The van der Waals surface area contributed by atoms with Gasteiger partial charge in [-0.25, -0.2) is 18.0 Å². The Balaban J connectivity index is 1.34. The van der Waals surface area contributed by atoms with Crippen LogP contribution in [0.5, 0.6) is 5.75 Å².